The third kappa shape index (κ3) is 3.16. The van der Waals surface area contributed by atoms with E-state index in [0.717, 1.165) is 28.1 Å². The SMILES string of the molecule is CCc1ccc(S(=O)(=O)Nc2ccc3cc4ccccc4cc3c2)cc1. The molecule has 0 bridgehead atoms. The molecule has 0 aliphatic heterocycles. The Morgan fingerprint density at radius 2 is 1.35 bits per heavy atom. The van der Waals surface area contributed by atoms with Crippen LogP contribution in [0.2, 0.25) is 0 Å². The van der Waals surface area contributed by atoms with Crippen molar-refractivity contribution >= 4 is 37.3 Å². The molecular weight excluding hydrogens is 342 g/mol. The van der Waals surface area contributed by atoms with Crippen molar-refractivity contribution < 1.29 is 8.42 Å². The molecule has 0 atom stereocenters. The third-order valence-electron chi connectivity index (χ3n) is 4.60. The first-order valence-electron chi connectivity index (χ1n) is 8.59. The second-order valence-corrected chi connectivity index (χ2v) is 8.05. The zero-order chi connectivity index (χ0) is 18.1. The molecule has 0 unspecified atom stereocenters. The van der Waals surface area contributed by atoms with Crippen molar-refractivity contribution in [2.24, 2.45) is 0 Å². The van der Waals surface area contributed by atoms with E-state index in [1.165, 1.54) is 5.39 Å². The number of fused-ring (bicyclic) bond motifs is 2. The van der Waals surface area contributed by atoms with E-state index in [2.05, 4.69) is 29.0 Å². The normalized spacial score (nSPS) is 11.7. The van der Waals surface area contributed by atoms with Crippen LogP contribution in [0.4, 0.5) is 5.69 Å². The van der Waals surface area contributed by atoms with Gasteiger partial charge >= 0.3 is 0 Å². The summed E-state index contributed by atoms with van der Waals surface area (Å²) in [5.74, 6) is 0. The fourth-order valence-corrected chi connectivity index (χ4v) is 4.17. The summed E-state index contributed by atoms with van der Waals surface area (Å²) in [5.41, 5.74) is 1.67. The minimum absolute atomic E-state index is 0.272. The number of sulfonamides is 1. The van der Waals surface area contributed by atoms with E-state index in [1.807, 2.05) is 43.3 Å². The molecule has 0 fully saturated rings. The molecule has 4 rings (SSSR count). The standard InChI is InChI=1S/C22H19NO2S/c1-2-16-7-11-22(12-8-16)26(24,25)23-21-10-9-19-13-17-5-3-4-6-18(17)14-20(19)15-21/h3-15,23H,2H2,1H3. The van der Waals surface area contributed by atoms with Gasteiger partial charge in [-0.05, 0) is 69.9 Å². The minimum atomic E-state index is -3.60. The summed E-state index contributed by atoms with van der Waals surface area (Å²) in [5, 5.41) is 4.39. The van der Waals surface area contributed by atoms with E-state index >= 15 is 0 Å². The monoisotopic (exact) mass is 361 g/mol. The van der Waals surface area contributed by atoms with Crippen molar-refractivity contribution in [2.45, 2.75) is 18.2 Å². The Balaban J connectivity index is 1.70. The summed E-state index contributed by atoms with van der Waals surface area (Å²) in [4.78, 5) is 0.272. The Morgan fingerprint density at radius 1 is 0.731 bits per heavy atom. The number of hydrogen-bond acceptors (Lipinski definition) is 2. The van der Waals surface area contributed by atoms with Gasteiger partial charge in [-0.3, -0.25) is 4.72 Å². The molecule has 0 aromatic heterocycles. The van der Waals surface area contributed by atoms with Crippen LogP contribution in [-0.2, 0) is 16.4 Å². The molecule has 0 saturated carbocycles. The maximum atomic E-state index is 12.6. The van der Waals surface area contributed by atoms with Crippen LogP contribution in [0.25, 0.3) is 21.5 Å². The third-order valence-corrected chi connectivity index (χ3v) is 6.00. The average molecular weight is 361 g/mol. The highest BCUT2D eigenvalue weighted by molar-refractivity contribution is 7.92. The highest BCUT2D eigenvalue weighted by atomic mass is 32.2. The van der Waals surface area contributed by atoms with Crippen LogP contribution in [0.15, 0.2) is 83.8 Å². The molecule has 26 heavy (non-hydrogen) atoms. The Morgan fingerprint density at radius 3 is 2.00 bits per heavy atom. The molecule has 1 N–H and O–H groups in total. The molecule has 0 heterocycles. The van der Waals surface area contributed by atoms with Gasteiger partial charge in [-0.25, -0.2) is 8.42 Å². The van der Waals surface area contributed by atoms with Crippen LogP contribution in [0, 0.1) is 0 Å². The average Bonchev–Trinajstić information content (AvgIpc) is 2.66. The van der Waals surface area contributed by atoms with Gasteiger partial charge in [0.15, 0.2) is 0 Å². The number of anilines is 1. The van der Waals surface area contributed by atoms with Crippen LogP contribution >= 0.6 is 0 Å². The lowest BCUT2D eigenvalue weighted by Gasteiger charge is -2.10. The second kappa shape index (κ2) is 6.46. The van der Waals surface area contributed by atoms with Crippen molar-refractivity contribution in [2.75, 3.05) is 4.72 Å². The Bertz CT molecular complexity index is 1200. The molecule has 0 amide bonds. The predicted octanol–water partition coefficient (Wildman–Crippen LogP) is 5.36. The van der Waals surface area contributed by atoms with Crippen molar-refractivity contribution in [3.63, 3.8) is 0 Å². The Kier molecular flexibility index (Phi) is 4.13. The van der Waals surface area contributed by atoms with E-state index in [9.17, 15) is 8.42 Å². The Labute approximate surface area is 153 Å². The van der Waals surface area contributed by atoms with E-state index < -0.39 is 10.0 Å². The van der Waals surface area contributed by atoms with Crippen LogP contribution < -0.4 is 4.72 Å². The lowest BCUT2D eigenvalue weighted by molar-refractivity contribution is 0.601. The van der Waals surface area contributed by atoms with Gasteiger partial charge in [0.05, 0.1) is 4.90 Å². The van der Waals surface area contributed by atoms with Gasteiger partial charge in [0.1, 0.15) is 0 Å². The number of nitrogens with one attached hydrogen (secondary N) is 1. The van der Waals surface area contributed by atoms with Crippen LogP contribution in [0.5, 0.6) is 0 Å². The highest BCUT2D eigenvalue weighted by Crippen LogP contribution is 2.26. The fraction of sp³-hybridized carbons (Fsp3) is 0.0909. The maximum absolute atomic E-state index is 12.6. The smallest absolute Gasteiger partial charge is 0.261 e. The summed E-state index contributed by atoms with van der Waals surface area (Å²) in [6.45, 7) is 2.04. The second-order valence-electron chi connectivity index (χ2n) is 6.36. The summed E-state index contributed by atoms with van der Waals surface area (Å²) in [6, 6.07) is 25.0. The molecule has 130 valence electrons. The number of aryl methyl sites for hydroxylation is 1. The largest absolute Gasteiger partial charge is 0.280 e. The molecule has 0 spiro atoms. The lowest BCUT2D eigenvalue weighted by atomic mass is 10.0. The zero-order valence-corrected chi connectivity index (χ0v) is 15.3. The molecule has 0 saturated heterocycles. The number of hydrogen-bond donors (Lipinski definition) is 1. The van der Waals surface area contributed by atoms with Gasteiger partial charge in [-0.15, -0.1) is 0 Å². The summed E-state index contributed by atoms with van der Waals surface area (Å²) in [6.07, 6.45) is 0.881. The van der Waals surface area contributed by atoms with E-state index in [0.29, 0.717) is 5.69 Å². The topological polar surface area (TPSA) is 46.2 Å². The number of rotatable bonds is 4. The molecule has 4 aromatic rings. The van der Waals surface area contributed by atoms with Gasteiger partial charge in [0.25, 0.3) is 10.0 Å². The quantitative estimate of drug-likeness (QED) is 0.498. The first kappa shape index (κ1) is 16.6. The van der Waals surface area contributed by atoms with Crippen molar-refractivity contribution in [1.82, 2.24) is 0 Å². The van der Waals surface area contributed by atoms with Gasteiger partial charge in [0.2, 0.25) is 0 Å². The van der Waals surface area contributed by atoms with Crippen LogP contribution in [0.1, 0.15) is 12.5 Å². The predicted molar refractivity (Wildman–Crippen MR) is 108 cm³/mol. The van der Waals surface area contributed by atoms with Gasteiger partial charge in [-0.1, -0.05) is 49.4 Å². The molecular formula is C22H19NO2S. The maximum Gasteiger partial charge on any atom is 0.261 e. The number of benzene rings is 4. The van der Waals surface area contributed by atoms with Crippen molar-refractivity contribution in [1.29, 1.82) is 0 Å². The van der Waals surface area contributed by atoms with Crippen LogP contribution in [-0.4, -0.2) is 8.42 Å². The fourth-order valence-electron chi connectivity index (χ4n) is 3.12. The lowest BCUT2D eigenvalue weighted by Crippen LogP contribution is -2.12. The Hall–Kier alpha value is -2.85. The molecule has 4 aromatic carbocycles. The van der Waals surface area contributed by atoms with Crippen molar-refractivity contribution in [3.05, 3.63) is 84.4 Å². The molecule has 4 heteroatoms. The van der Waals surface area contributed by atoms with Gasteiger partial charge < -0.3 is 0 Å². The first-order chi connectivity index (χ1) is 12.5. The summed E-state index contributed by atoms with van der Waals surface area (Å²) >= 11 is 0. The highest BCUT2D eigenvalue weighted by Gasteiger charge is 2.14. The minimum Gasteiger partial charge on any atom is -0.280 e. The van der Waals surface area contributed by atoms with E-state index in [4.69, 9.17) is 0 Å². The van der Waals surface area contributed by atoms with Crippen molar-refractivity contribution in [3.8, 4) is 0 Å². The van der Waals surface area contributed by atoms with E-state index in [-0.39, 0.29) is 4.90 Å². The van der Waals surface area contributed by atoms with Gasteiger partial charge in [0, 0.05) is 5.69 Å². The molecule has 0 radical (unpaired) electrons. The zero-order valence-electron chi connectivity index (χ0n) is 14.4. The van der Waals surface area contributed by atoms with Gasteiger partial charge in [-0.2, -0.15) is 0 Å². The first-order valence-corrected chi connectivity index (χ1v) is 10.1. The van der Waals surface area contributed by atoms with Crippen LogP contribution in [0.3, 0.4) is 0 Å². The van der Waals surface area contributed by atoms with E-state index in [1.54, 1.807) is 18.2 Å². The molecule has 3 nitrogen and oxygen atoms in total. The molecule has 0 aliphatic rings. The summed E-state index contributed by atoms with van der Waals surface area (Å²) in [7, 11) is -3.60. The molecule has 0 aliphatic carbocycles. The summed E-state index contributed by atoms with van der Waals surface area (Å²) < 4.78 is 28.0.